The number of hydrogen-bond donors (Lipinski definition) is 1. The fourth-order valence-electron chi connectivity index (χ4n) is 1.52. The monoisotopic (exact) mass is 240 g/mol. The van der Waals surface area contributed by atoms with Crippen molar-refractivity contribution in [2.45, 2.75) is 46.2 Å². The van der Waals surface area contributed by atoms with E-state index in [0.717, 1.165) is 25.2 Å². The van der Waals surface area contributed by atoms with Crippen molar-refractivity contribution in [3.8, 4) is 0 Å². The van der Waals surface area contributed by atoms with Crippen LogP contribution in [0, 0.1) is 5.92 Å². The largest absolute Gasteiger partial charge is 0.339 e. The van der Waals surface area contributed by atoms with Gasteiger partial charge in [-0.2, -0.15) is 4.98 Å². The van der Waals surface area contributed by atoms with Crippen LogP contribution in [-0.4, -0.2) is 34.7 Å². The Kier molecular flexibility index (Phi) is 5.58. The van der Waals surface area contributed by atoms with Crippen LogP contribution < -0.4 is 5.73 Å². The van der Waals surface area contributed by atoms with Crippen molar-refractivity contribution < 1.29 is 4.52 Å². The molecule has 1 unspecified atom stereocenters. The van der Waals surface area contributed by atoms with Gasteiger partial charge in [0.15, 0.2) is 5.82 Å². The minimum Gasteiger partial charge on any atom is -0.339 e. The van der Waals surface area contributed by atoms with Crippen LogP contribution in [-0.2, 0) is 13.0 Å². The second-order valence-corrected chi connectivity index (χ2v) is 4.89. The molecule has 0 aliphatic heterocycles. The van der Waals surface area contributed by atoms with E-state index in [4.69, 9.17) is 10.3 Å². The number of nitrogens with two attached hydrogens (primary N) is 1. The Morgan fingerprint density at radius 2 is 2.12 bits per heavy atom. The molecule has 0 spiro atoms. The van der Waals surface area contributed by atoms with E-state index in [-0.39, 0.29) is 6.04 Å². The molecule has 1 aromatic heterocycles. The van der Waals surface area contributed by atoms with Gasteiger partial charge in [0.05, 0.1) is 6.54 Å². The molecular weight excluding hydrogens is 216 g/mol. The predicted molar refractivity (Wildman–Crippen MR) is 67.4 cm³/mol. The first-order valence-corrected chi connectivity index (χ1v) is 6.28. The molecule has 0 aliphatic carbocycles. The zero-order valence-corrected chi connectivity index (χ0v) is 11.3. The highest BCUT2D eigenvalue weighted by Gasteiger charge is 2.11. The maximum atomic E-state index is 6.01. The van der Waals surface area contributed by atoms with E-state index in [1.54, 1.807) is 0 Å². The Hall–Kier alpha value is -0.940. The molecule has 0 amide bonds. The van der Waals surface area contributed by atoms with E-state index in [9.17, 15) is 0 Å². The lowest BCUT2D eigenvalue weighted by atomic mass is 10.0. The van der Waals surface area contributed by atoms with Gasteiger partial charge in [0.2, 0.25) is 5.89 Å². The highest BCUT2D eigenvalue weighted by atomic mass is 16.5. The average Bonchev–Trinajstić information content (AvgIpc) is 2.73. The van der Waals surface area contributed by atoms with Gasteiger partial charge in [0, 0.05) is 12.5 Å². The molecule has 0 bridgehead atoms. The van der Waals surface area contributed by atoms with Gasteiger partial charge in [-0.15, -0.1) is 0 Å². The molecular formula is C12H24N4O. The molecule has 5 heteroatoms. The van der Waals surface area contributed by atoms with Gasteiger partial charge in [-0.1, -0.05) is 25.9 Å². The third-order valence-electron chi connectivity index (χ3n) is 2.92. The molecule has 17 heavy (non-hydrogen) atoms. The summed E-state index contributed by atoms with van der Waals surface area (Å²) in [6.07, 6.45) is 1.78. The molecule has 1 heterocycles. The van der Waals surface area contributed by atoms with Gasteiger partial charge in [-0.25, -0.2) is 0 Å². The zero-order valence-electron chi connectivity index (χ0n) is 11.3. The van der Waals surface area contributed by atoms with Gasteiger partial charge >= 0.3 is 0 Å². The van der Waals surface area contributed by atoms with Crippen LogP contribution in [0.1, 0.15) is 38.9 Å². The average molecular weight is 240 g/mol. The van der Waals surface area contributed by atoms with Crippen LogP contribution in [0.3, 0.4) is 0 Å². The fourth-order valence-corrected chi connectivity index (χ4v) is 1.52. The zero-order chi connectivity index (χ0) is 12.8. The SMILES string of the molecule is CCc1nc(CN(C)CCC(N)C(C)C)no1. The maximum absolute atomic E-state index is 6.01. The summed E-state index contributed by atoms with van der Waals surface area (Å²) in [6, 6.07) is 0.258. The third kappa shape index (κ3) is 4.83. The lowest BCUT2D eigenvalue weighted by Crippen LogP contribution is -2.31. The Balaban J connectivity index is 2.31. The second-order valence-electron chi connectivity index (χ2n) is 4.89. The number of nitrogens with zero attached hydrogens (tertiary/aromatic N) is 3. The van der Waals surface area contributed by atoms with E-state index < -0.39 is 0 Å². The number of hydrogen-bond acceptors (Lipinski definition) is 5. The smallest absolute Gasteiger partial charge is 0.226 e. The summed E-state index contributed by atoms with van der Waals surface area (Å²) in [6.45, 7) is 7.97. The minimum absolute atomic E-state index is 0.258. The topological polar surface area (TPSA) is 68.2 Å². The quantitative estimate of drug-likeness (QED) is 0.781. The molecule has 1 atom stereocenters. The Bertz CT molecular complexity index is 324. The Labute approximate surface area is 103 Å². The predicted octanol–water partition coefficient (Wildman–Crippen LogP) is 1.44. The molecule has 5 nitrogen and oxygen atoms in total. The van der Waals surface area contributed by atoms with Crippen LogP contribution in [0.5, 0.6) is 0 Å². The summed E-state index contributed by atoms with van der Waals surface area (Å²) in [5.74, 6) is 1.98. The molecule has 0 fully saturated rings. The van der Waals surface area contributed by atoms with Gasteiger partial charge < -0.3 is 10.3 Å². The lowest BCUT2D eigenvalue weighted by molar-refractivity contribution is 0.283. The molecule has 0 aliphatic rings. The van der Waals surface area contributed by atoms with Crippen molar-refractivity contribution in [2.75, 3.05) is 13.6 Å². The summed E-state index contributed by atoms with van der Waals surface area (Å²) in [5.41, 5.74) is 6.01. The van der Waals surface area contributed by atoms with Crippen molar-refractivity contribution in [3.05, 3.63) is 11.7 Å². The number of rotatable bonds is 7. The van der Waals surface area contributed by atoms with E-state index in [1.165, 1.54) is 0 Å². The summed E-state index contributed by atoms with van der Waals surface area (Å²) in [7, 11) is 2.05. The van der Waals surface area contributed by atoms with Gasteiger partial charge in [0.1, 0.15) is 0 Å². The van der Waals surface area contributed by atoms with Gasteiger partial charge in [-0.05, 0) is 25.9 Å². The normalized spacial score (nSPS) is 13.6. The summed E-state index contributed by atoms with van der Waals surface area (Å²) < 4.78 is 5.07. The second kappa shape index (κ2) is 6.71. The van der Waals surface area contributed by atoms with E-state index >= 15 is 0 Å². The van der Waals surface area contributed by atoms with E-state index in [0.29, 0.717) is 18.4 Å². The van der Waals surface area contributed by atoms with E-state index in [1.807, 2.05) is 6.92 Å². The first-order chi connectivity index (χ1) is 8.02. The standard InChI is InChI=1S/C12H24N4O/c1-5-12-14-11(15-17-12)8-16(4)7-6-10(13)9(2)3/h9-10H,5-8,13H2,1-4H3. The number of aryl methyl sites for hydroxylation is 1. The van der Waals surface area contributed by atoms with Crippen molar-refractivity contribution in [2.24, 2.45) is 11.7 Å². The first kappa shape index (κ1) is 14.1. The van der Waals surface area contributed by atoms with Crippen LogP contribution in [0.2, 0.25) is 0 Å². The van der Waals surface area contributed by atoms with Crippen LogP contribution in [0.15, 0.2) is 4.52 Å². The highest BCUT2D eigenvalue weighted by molar-refractivity contribution is 4.85. The van der Waals surface area contributed by atoms with Crippen molar-refractivity contribution in [1.82, 2.24) is 15.0 Å². The van der Waals surface area contributed by atoms with Crippen molar-refractivity contribution >= 4 is 0 Å². The van der Waals surface area contributed by atoms with Crippen LogP contribution in [0.4, 0.5) is 0 Å². The Morgan fingerprint density at radius 3 is 2.65 bits per heavy atom. The fraction of sp³-hybridized carbons (Fsp3) is 0.833. The molecule has 1 aromatic rings. The molecule has 2 N–H and O–H groups in total. The molecule has 0 saturated heterocycles. The lowest BCUT2D eigenvalue weighted by Gasteiger charge is -2.20. The van der Waals surface area contributed by atoms with Crippen molar-refractivity contribution in [1.29, 1.82) is 0 Å². The highest BCUT2D eigenvalue weighted by Crippen LogP contribution is 2.06. The third-order valence-corrected chi connectivity index (χ3v) is 2.92. The summed E-state index contributed by atoms with van der Waals surface area (Å²) in [5, 5.41) is 3.93. The minimum atomic E-state index is 0.258. The van der Waals surface area contributed by atoms with Gasteiger partial charge in [0.25, 0.3) is 0 Å². The van der Waals surface area contributed by atoms with Crippen LogP contribution in [0.25, 0.3) is 0 Å². The Morgan fingerprint density at radius 1 is 1.41 bits per heavy atom. The molecule has 0 aromatic carbocycles. The molecule has 1 rings (SSSR count). The number of aromatic nitrogens is 2. The first-order valence-electron chi connectivity index (χ1n) is 6.28. The molecule has 0 radical (unpaired) electrons. The summed E-state index contributed by atoms with van der Waals surface area (Å²) >= 11 is 0. The molecule has 0 saturated carbocycles. The maximum Gasteiger partial charge on any atom is 0.226 e. The van der Waals surface area contributed by atoms with Crippen molar-refractivity contribution in [3.63, 3.8) is 0 Å². The van der Waals surface area contributed by atoms with Crippen LogP contribution >= 0.6 is 0 Å². The molecule has 98 valence electrons. The summed E-state index contributed by atoms with van der Waals surface area (Å²) in [4.78, 5) is 6.45. The van der Waals surface area contributed by atoms with E-state index in [2.05, 4.69) is 35.9 Å². The van der Waals surface area contributed by atoms with Gasteiger partial charge in [-0.3, -0.25) is 4.90 Å².